The summed E-state index contributed by atoms with van der Waals surface area (Å²) in [5, 5.41) is 13.6. The molecule has 72 valence electrons. The minimum Gasteiger partial charge on any atom is -0.481 e. The molecular formula is C9H9N3O2. The van der Waals surface area contributed by atoms with Gasteiger partial charge in [0.15, 0.2) is 0 Å². The van der Waals surface area contributed by atoms with Gasteiger partial charge in [-0.1, -0.05) is 0 Å². The molecule has 0 radical (unpaired) electrons. The zero-order chi connectivity index (χ0) is 10.1. The topological polar surface area (TPSA) is 68.0 Å². The van der Waals surface area contributed by atoms with E-state index in [2.05, 4.69) is 10.1 Å². The van der Waals surface area contributed by atoms with Gasteiger partial charge in [0.05, 0.1) is 17.6 Å². The minimum absolute atomic E-state index is 0.0664. The maximum atomic E-state index is 10.6. The molecule has 0 bridgehead atoms. The number of aliphatic carboxylic acids is 1. The zero-order valence-corrected chi connectivity index (χ0v) is 7.64. The zero-order valence-electron chi connectivity index (χ0n) is 7.64. The minimum atomic E-state index is -0.881. The van der Waals surface area contributed by atoms with E-state index in [9.17, 15) is 4.79 Å². The lowest BCUT2D eigenvalue weighted by molar-refractivity contribution is -0.136. The Labute approximate surface area is 80.0 Å². The fourth-order valence-electron chi connectivity index (χ4n) is 1.40. The van der Waals surface area contributed by atoms with Crippen LogP contribution in [0.25, 0.3) is 10.9 Å². The molecule has 2 aromatic rings. The molecule has 0 aromatic carbocycles. The summed E-state index contributed by atoms with van der Waals surface area (Å²) < 4.78 is 1.65. The summed E-state index contributed by atoms with van der Waals surface area (Å²) in [5.41, 5.74) is 1.34. The van der Waals surface area contributed by atoms with E-state index in [4.69, 9.17) is 5.11 Å². The Morgan fingerprint density at radius 1 is 1.64 bits per heavy atom. The highest BCUT2D eigenvalue weighted by Crippen LogP contribution is 2.14. The Kier molecular flexibility index (Phi) is 1.92. The van der Waals surface area contributed by atoms with Gasteiger partial charge in [0.2, 0.25) is 0 Å². The van der Waals surface area contributed by atoms with Gasteiger partial charge in [0.1, 0.15) is 0 Å². The number of pyridine rings is 1. The molecule has 5 heteroatoms. The van der Waals surface area contributed by atoms with E-state index in [0.717, 1.165) is 10.9 Å². The van der Waals surface area contributed by atoms with Crippen LogP contribution in [0.2, 0.25) is 0 Å². The highest BCUT2D eigenvalue weighted by Gasteiger charge is 2.08. The lowest BCUT2D eigenvalue weighted by Crippen LogP contribution is -2.02. The molecule has 0 amide bonds. The van der Waals surface area contributed by atoms with Crippen molar-refractivity contribution in [3.8, 4) is 0 Å². The number of hydrogen-bond acceptors (Lipinski definition) is 3. The molecule has 0 aliphatic carbocycles. The summed E-state index contributed by atoms with van der Waals surface area (Å²) in [4.78, 5) is 14.6. The molecule has 0 saturated heterocycles. The molecule has 5 nitrogen and oxygen atoms in total. The lowest BCUT2D eigenvalue weighted by atomic mass is 10.2. The number of nitrogens with zero attached hydrogens (tertiary/aromatic N) is 3. The molecule has 0 fully saturated rings. The molecule has 0 atom stereocenters. The predicted molar refractivity (Wildman–Crippen MR) is 49.8 cm³/mol. The van der Waals surface area contributed by atoms with Crippen LogP contribution in [-0.2, 0) is 18.3 Å². The van der Waals surface area contributed by atoms with Crippen LogP contribution in [-0.4, -0.2) is 25.8 Å². The number of aromatic nitrogens is 3. The number of carbonyl (C=O) groups is 1. The molecular weight excluding hydrogens is 182 g/mol. The van der Waals surface area contributed by atoms with Crippen LogP contribution in [0.1, 0.15) is 5.69 Å². The van der Waals surface area contributed by atoms with Crippen LogP contribution in [0.15, 0.2) is 18.5 Å². The molecule has 0 aliphatic heterocycles. The van der Waals surface area contributed by atoms with Gasteiger partial charge in [-0.25, -0.2) is 0 Å². The van der Waals surface area contributed by atoms with Gasteiger partial charge >= 0.3 is 5.97 Å². The van der Waals surface area contributed by atoms with Crippen molar-refractivity contribution in [1.82, 2.24) is 14.8 Å². The van der Waals surface area contributed by atoms with Gasteiger partial charge in [0, 0.05) is 24.8 Å². The van der Waals surface area contributed by atoms with Gasteiger partial charge in [-0.05, 0) is 6.07 Å². The molecule has 2 aromatic heterocycles. The molecule has 0 spiro atoms. The summed E-state index contributed by atoms with van der Waals surface area (Å²) in [6.45, 7) is 0. The number of fused-ring (bicyclic) bond motifs is 1. The fraction of sp³-hybridized carbons (Fsp3) is 0.222. The van der Waals surface area contributed by atoms with E-state index in [0.29, 0.717) is 5.69 Å². The Morgan fingerprint density at radius 3 is 3.14 bits per heavy atom. The molecule has 1 N–H and O–H groups in total. The highest BCUT2D eigenvalue weighted by atomic mass is 16.4. The van der Waals surface area contributed by atoms with Gasteiger partial charge in [-0.2, -0.15) is 5.10 Å². The van der Waals surface area contributed by atoms with Crippen molar-refractivity contribution >= 4 is 16.9 Å². The number of aryl methyl sites for hydroxylation is 1. The molecule has 0 aliphatic rings. The normalized spacial score (nSPS) is 10.6. The van der Waals surface area contributed by atoms with E-state index in [1.165, 1.54) is 0 Å². The van der Waals surface area contributed by atoms with Crippen molar-refractivity contribution in [2.45, 2.75) is 6.42 Å². The Morgan fingerprint density at radius 2 is 2.43 bits per heavy atom. The Hall–Kier alpha value is -1.91. The maximum absolute atomic E-state index is 10.6. The average Bonchev–Trinajstić information content (AvgIpc) is 2.45. The van der Waals surface area contributed by atoms with E-state index < -0.39 is 5.97 Å². The van der Waals surface area contributed by atoms with Crippen LogP contribution < -0.4 is 0 Å². The Bertz CT molecular complexity index is 490. The van der Waals surface area contributed by atoms with E-state index in [1.807, 2.05) is 0 Å². The highest BCUT2D eigenvalue weighted by molar-refractivity contribution is 5.84. The first-order valence-corrected chi connectivity index (χ1v) is 4.16. The summed E-state index contributed by atoms with van der Waals surface area (Å²) >= 11 is 0. The summed E-state index contributed by atoms with van der Waals surface area (Å²) in [6, 6.07) is 1.76. The SMILES string of the molecule is Cn1cc2c(CC(=O)O)nccc2n1. The maximum Gasteiger partial charge on any atom is 0.309 e. The largest absolute Gasteiger partial charge is 0.481 e. The van der Waals surface area contributed by atoms with E-state index in [1.54, 1.807) is 30.2 Å². The first kappa shape index (κ1) is 8.68. The summed E-state index contributed by atoms with van der Waals surface area (Å²) in [6.07, 6.45) is 3.29. The first-order chi connectivity index (χ1) is 6.66. The van der Waals surface area contributed by atoms with Crippen molar-refractivity contribution in [3.05, 3.63) is 24.2 Å². The number of carboxylic acid groups (broad SMARTS) is 1. The van der Waals surface area contributed by atoms with E-state index in [-0.39, 0.29) is 6.42 Å². The van der Waals surface area contributed by atoms with Crippen LogP contribution in [0.4, 0.5) is 0 Å². The number of hydrogen-bond donors (Lipinski definition) is 1. The molecule has 0 saturated carbocycles. The van der Waals surface area contributed by atoms with Crippen molar-refractivity contribution in [1.29, 1.82) is 0 Å². The lowest BCUT2D eigenvalue weighted by Gasteiger charge is -1.95. The molecule has 2 rings (SSSR count). The number of rotatable bonds is 2. The van der Waals surface area contributed by atoms with Crippen LogP contribution in [0, 0.1) is 0 Å². The third-order valence-electron chi connectivity index (χ3n) is 1.95. The second kappa shape index (κ2) is 3.10. The van der Waals surface area contributed by atoms with Crippen molar-refractivity contribution in [2.75, 3.05) is 0 Å². The van der Waals surface area contributed by atoms with Crippen molar-refractivity contribution < 1.29 is 9.90 Å². The monoisotopic (exact) mass is 191 g/mol. The number of carboxylic acids is 1. The van der Waals surface area contributed by atoms with Gasteiger partial charge in [0.25, 0.3) is 0 Å². The van der Waals surface area contributed by atoms with E-state index >= 15 is 0 Å². The van der Waals surface area contributed by atoms with Crippen LogP contribution >= 0.6 is 0 Å². The van der Waals surface area contributed by atoms with Crippen LogP contribution in [0.5, 0.6) is 0 Å². The quantitative estimate of drug-likeness (QED) is 0.754. The molecule has 0 unspecified atom stereocenters. The predicted octanol–water partition coefficient (Wildman–Crippen LogP) is 0.595. The second-order valence-corrected chi connectivity index (χ2v) is 3.06. The van der Waals surface area contributed by atoms with Gasteiger partial charge in [-0.15, -0.1) is 0 Å². The fourth-order valence-corrected chi connectivity index (χ4v) is 1.40. The second-order valence-electron chi connectivity index (χ2n) is 3.06. The van der Waals surface area contributed by atoms with Crippen LogP contribution in [0.3, 0.4) is 0 Å². The first-order valence-electron chi connectivity index (χ1n) is 4.16. The van der Waals surface area contributed by atoms with Crippen molar-refractivity contribution in [2.24, 2.45) is 7.05 Å². The standard InChI is InChI=1S/C9H9N3O2/c1-12-5-6-7(11-12)2-3-10-8(6)4-9(13)14/h2-3,5H,4H2,1H3,(H,13,14). The van der Waals surface area contributed by atoms with Crippen molar-refractivity contribution in [3.63, 3.8) is 0 Å². The van der Waals surface area contributed by atoms with Gasteiger partial charge in [-0.3, -0.25) is 14.5 Å². The van der Waals surface area contributed by atoms with Gasteiger partial charge < -0.3 is 5.11 Å². The summed E-state index contributed by atoms with van der Waals surface area (Å²) in [5.74, 6) is -0.881. The molecule has 14 heavy (non-hydrogen) atoms. The summed E-state index contributed by atoms with van der Waals surface area (Å²) in [7, 11) is 1.80. The Balaban J connectivity index is 2.58. The molecule has 2 heterocycles. The average molecular weight is 191 g/mol. The third-order valence-corrected chi connectivity index (χ3v) is 1.95. The third kappa shape index (κ3) is 1.44. The smallest absolute Gasteiger partial charge is 0.309 e.